The number of carboxylic acid groups (broad SMARTS) is 1. The van der Waals surface area contributed by atoms with Crippen LogP contribution in [-0.4, -0.2) is 53.6 Å². The number of nitrogens with one attached hydrogen (secondary N) is 2. The zero-order chi connectivity index (χ0) is 15.1. The van der Waals surface area contributed by atoms with E-state index in [0.717, 1.165) is 25.9 Å². The van der Waals surface area contributed by atoms with Crippen molar-refractivity contribution in [2.24, 2.45) is 5.92 Å². The van der Waals surface area contributed by atoms with E-state index in [9.17, 15) is 14.4 Å². The van der Waals surface area contributed by atoms with Crippen molar-refractivity contribution in [2.45, 2.75) is 39.2 Å². The third-order valence-electron chi connectivity index (χ3n) is 3.17. The topological polar surface area (TPSA) is 98.7 Å². The van der Waals surface area contributed by atoms with Gasteiger partial charge in [-0.1, -0.05) is 13.8 Å². The number of nitrogens with zero attached hydrogens (tertiary/aromatic N) is 1. The van der Waals surface area contributed by atoms with Crippen LogP contribution in [0.4, 0.5) is 4.79 Å². The lowest BCUT2D eigenvalue weighted by Gasteiger charge is -2.18. The Kier molecular flexibility index (Phi) is 6.27. The second kappa shape index (κ2) is 7.72. The fraction of sp³-hybridized carbons (Fsp3) is 0.769. The van der Waals surface area contributed by atoms with Gasteiger partial charge >= 0.3 is 12.0 Å². The summed E-state index contributed by atoms with van der Waals surface area (Å²) in [7, 11) is 0. The minimum absolute atomic E-state index is 0.0974. The van der Waals surface area contributed by atoms with Crippen LogP contribution in [-0.2, 0) is 9.59 Å². The van der Waals surface area contributed by atoms with E-state index in [0.29, 0.717) is 6.42 Å². The van der Waals surface area contributed by atoms with Crippen LogP contribution in [0.25, 0.3) is 0 Å². The molecular weight excluding hydrogens is 262 g/mol. The van der Waals surface area contributed by atoms with Gasteiger partial charge in [-0.25, -0.2) is 9.59 Å². The molecule has 0 bridgehead atoms. The molecule has 1 fully saturated rings. The molecule has 0 spiro atoms. The average molecular weight is 285 g/mol. The molecule has 3 N–H and O–H groups in total. The first kappa shape index (κ1) is 16.3. The van der Waals surface area contributed by atoms with Gasteiger partial charge in [-0.15, -0.1) is 0 Å². The van der Waals surface area contributed by atoms with Gasteiger partial charge in [0.2, 0.25) is 5.91 Å². The highest BCUT2D eigenvalue weighted by atomic mass is 16.4. The number of aliphatic carboxylic acids is 1. The van der Waals surface area contributed by atoms with Crippen LogP contribution in [0.15, 0.2) is 0 Å². The molecule has 0 saturated carbocycles. The van der Waals surface area contributed by atoms with Gasteiger partial charge < -0.3 is 20.6 Å². The van der Waals surface area contributed by atoms with Crippen LogP contribution < -0.4 is 10.6 Å². The van der Waals surface area contributed by atoms with Gasteiger partial charge in [0, 0.05) is 13.1 Å². The molecule has 3 amide bonds. The van der Waals surface area contributed by atoms with Gasteiger partial charge in [-0.05, 0) is 25.2 Å². The predicted octanol–water partition coefficient (Wildman–Crippen LogP) is 0.407. The molecule has 0 aromatic heterocycles. The SMILES string of the molecule is CC(C)C[C@H](NC(=O)NCC(=O)N1CCCC1)C(=O)O. The van der Waals surface area contributed by atoms with Crippen molar-refractivity contribution in [3.05, 3.63) is 0 Å². The molecule has 0 radical (unpaired) electrons. The number of hydrogen-bond acceptors (Lipinski definition) is 3. The van der Waals surface area contributed by atoms with Crippen molar-refractivity contribution in [2.75, 3.05) is 19.6 Å². The highest BCUT2D eigenvalue weighted by Gasteiger charge is 2.22. The van der Waals surface area contributed by atoms with Gasteiger partial charge in [-0.2, -0.15) is 0 Å². The fourth-order valence-electron chi connectivity index (χ4n) is 2.14. The van der Waals surface area contributed by atoms with Gasteiger partial charge in [0.15, 0.2) is 0 Å². The van der Waals surface area contributed by atoms with E-state index in [1.807, 2.05) is 13.8 Å². The lowest BCUT2D eigenvalue weighted by molar-refractivity contribution is -0.139. The van der Waals surface area contributed by atoms with Crippen molar-refractivity contribution in [3.63, 3.8) is 0 Å². The molecule has 1 saturated heterocycles. The normalized spacial score (nSPS) is 16.1. The van der Waals surface area contributed by atoms with E-state index < -0.39 is 18.0 Å². The average Bonchev–Trinajstić information content (AvgIpc) is 2.88. The van der Waals surface area contributed by atoms with E-state index in [4.69, 9.17) is 5.11 Å². The first-order valence-corrected chi connectivity index (χ1v) is 6.95. The van der Waals surface area contributed by atoms with E-state index in [1.54, 1.807) is 4.90 Å². The molecule has 7 heteroatoms. The van der Waals surface area contributed by atoms with Crippen LogP contribution >= 0.6 is 0 Å². The van der Waals surface area contributed by atoms with Gasteiger partial charge in [-0.3, -0.25) is 4.79 Å². The molecule has 1 atom stereocenters. The maximum Gasteiger partial charge on any atom is 0.326 e. The quantitative estimate of drug-likeness (QED) is 0.658. The van der Waals surface area contributed by atoms with Crippen molar-refractivity contribution in [3.8, 4) is 0 Å². The smallest absolute Gasteiger partial charge is 0.326 e. The molecule has 0 aromatic rings. The molecule has 1 heterocycles. The summed E-state index contributed by atoms with van der Waals surface area (Å²) in [6.45, 7) is 5.12. The summed E-state index contributed by atoms with van der Waals surface area (Å²) in [5.74, 6) is -1.05. The standard InChI is InChI=1S/C13H23N3O4/c1-9(2)7-10(12(18)19)15-13(20)14-8-11(17)16-5-3-4-6-16/h9-10H,3-8H2,1-2H3,(H,18,19)(H2,14,15,20)/t10-/m0/s1. The Morgan fingerprint density at radius 3 is 2.30 bits per heavy atom. The van der Waals surface area contributed by atoms with Crippen molar-refractivity contribution in [1.82, 2.24) is 15.5 Å². The van der Waals surface area contributed by atoms with E-state index in [-0.39, 0.29) is 18.4 Å². The van der Waals surface area contributed by atoms with E-state index in [2.05, 4.69) is 10.6 Å². The number of urea groups is 1. The Morgan fingerprint density at radius 1 is 1.20 bits per heavy atom. The molecule has 1 aliphatic heterocycles. The molecule has 1 rings (SSSR count). The summed E-state index contributed by atoms with van der Waals surface area (Å²) >= 11 is 0. The van der Waals surface area contributed by atoms with Crippen LogP contribution in [0.1, 0.15) is 33.1 Å². The highest BCUT2D eigenvalue weighted by molar-refractivity contribution is 5.86. The number of carbonyl (C=O) groups is 3. The monoisotopic (exact) mass is 285 g/mol. The lowest BCUT2D eigenvalue weighted by atomic mass is 10.0. The molecular formula is C13H23N3O4. The van der Waals surface area contributed by atoms with Crippen molar-refractivity contribution >= 4 is 17.9 Å². The van der Waals surface area contributed by atoms with E-state index >= 15 is 0 Å². The van der Waals surface area contributed by atoms with Crippen molar-refractivity contribution < 1.29 is 19.5 Å². The van der Waals surface area contributed by atoms with Crippen LogP contribution in [0.3, 0.4) is 0 Å². The second-order valence-electron chi connectivity index (χ2n) is 5.44. The summed E-state index contributed by atoms with van der Waals surface area (Å²) in [5, 5.41) is 13.8. The summed E-state index contributed by atoms with van der Waals surface area (Å²) in [4.78, 5) is 36.0. The summed E-state index contributed by atoms with van der Waals surface area (Å²) in [6, 6.07) is -1.55. The van der Waals surface area contributed by atoms with Gasteiger partial charge in [0.1, 0.15) is 6.04 Å². The molecule has 0 aromatic carbocycles. The Hall–Kier alpha value is -1.79. The first-order valence-electron chi connectivity index (χ1n) is 6.95. The molecule has 1 aliphatic rings. The first-order chi connectivity index (χ1) is 9.40. The van der Waals surface area contributed by atoms with Crippen LogP contribution in [0.2, 0.25) is 0 Å². The third-order valence-corrected chi connectivity index (χ3v) is 3.17. The number of carbonyl (C=O) groups excluding carboxylic acids is 2. The Labute approximate surface area is 118 Å². The maximum absolute atomic E-state index is 11.7. The van der Waals surface area contributed by atoms with Crippen LogP contribution in [0.5, 0.6) is 0 Å². The lowest BCUT2D eigenvalue weighted by Crippen LogP contribution is -2.49. The predicted molar refractivity (Wildman–Crippen MR) is 73.2 cm³/mol. The fourth-order valence-corrected chi connectivity index (χ4v) is 2.14. The number of carboxylic acids is 1. The zero-order valence-electron chi connectivity index (χ0n) is 12.0. The van der Waals surface area contributed by atoms with E-state index in [1.165, 1.54) is 0 Å². The largest absolute Gasteiger partial charge is 0.480 e. The number of likely N-dealkylation sites (tertiary alicyclic amines) is 1. The number of rotatable bonds is 6. The Balaban J connectivity index is 2.33. The van der Waals surface area contributed by atoms with Crippen molar-refractivity contribution in [1.29, 1.82) is 0 Å². The third kappa shape index (κ3) is 5.46. The summed E-state index contributed by atoms with van der Waals surface area (Å²) in [5.41, 5.74) is 0. The number of amides is 3. The Bertz CT molecular complexity index is 365. The molecule has 0 aliphatic carbocycles. The van der Waals surface area contributed by atoms with Gasteiger partial charge in [0.05, 0.1) is 6.54 Å². The summed E-state index contributed by atoms with van der Waals surface area (Å²) in [6.07, 6.45) is 2.34. The summed E-state index contributed by atoms with van der Waals surface area (Å²) < 4.78 is 0. The minimum Gasteiger partial charge on any atom is -0.480 e. The maximum atomic E-state index is 11.7. The number of hydrogen-bond donors (Lipinski definition) is 3. The Morgan fingerprint density at radius 2 is 1.80 bits per heavy atom. The minimum atomic E-state index is -1.07. The van der Waals surface area contributed by atoms with Gasteiger partial charge in [0.25, 0.3) is 0 Å². The van der Waals surface area contributed by atoms with Crippen LogP contribution in [0, 0.1) is 5.92 Å². The zero-order valence-corrected chi connectivity index (χ0v) is 12.0. The highest BCUT2D eigenvalue weighted by Crippen LogP contribution is 2.07. The molecule has 0 unspecified atom stereocenters. The molecule has 7 nitrogen and oxygen atoms in total. The molecule has 20 heavy (non-hydrogen) atoms. The molecule has 114 valence electrons. The second-order valence-corrected chi connectivity index (χ2v) is 5.44.